The lowest BCUT2D eigenvalue weighted by Crippen LogP contribution is -2.47. The minimum absolute atomic E-state index is 0.104. The lowest BCUT2D eigenvalue weighted by molar-refractivity contribution is 0.171. The molecule has 2 heterocycles. The van der Waals surface area contributed by atoms with Crippen molar-refractivity contribution < 1.29 is 4.79 Å². The smallest absolute Gasteiger partial charge is 0.317 e. The molecule has 1 saturated heterocycles. The van der Waals surface area contributed by atoms with Crippen molar-refractivity contribution in [2.45, 2.75) is 46.1 Å². The zero-order valence-electron chi connectivity index (χ0n) is 12.1. The van der Waals surface area contributed by atoms with Gasteiger partial charge in [0.15, 0.2) is 0 Å². The van der Waals surface area contributed by atoms with Gasteiger partial charge in [0.25, 0.3) is 0 Å². The van der Waals surface area contributed by atoms with Crippen LogP contribution in [0.25, 0.3) is 0 Å². The van der Waals surface area contributed by atoms with Gasteiger partial charge in [0, 0.05) is 35.3 Å². The van der Waals surface area contributed by atoms with Gasteiger partial charge >= 0.3 is 6.03 Å². The van der Waals surface area contributed by atoms with Gasteiger partial charge in [0.05, 0.1) is 0 Å². The Morgan fingerprint density at radius 1 is 1.47 bits per heavy atom. The van der Waals surface area contributed by atoms with E-state index >= 15 is 0 Å². The molecule has 0 saturated carbocycles. The number of likely N-dealkylation sites (tertiary alicyclic amines) is 1. The second kappa shape index (κ2) is 6.42. The second-order valence-electron chi connectivity index (χ2n) is 5.74. The van der Waals surface area contributed by atoms with Gasteiger partial charge in [-0.3, -0.25) is 0 Å². The molecule has 0 radical (unpaired) electrons. The maximum absolute atomic E-state index is 12.1. The van der Waals surface area contributed by atoms with Crippen LogP contribution in [0.3, 0.4) is 0 Å². The fourth-order valence-electron chi connectivity index (χ4n) is 2.46. The monoisotopic (exact) mass is 280 g/mol. The maximum atomic E-state index is 12.1. The Labute approximate surface area is 120 Å². The van der Waals surface area contributed by atoms with Crippen LogP contribution in [0.15, 0.2) is 12.1 Å². The Kier molecular flexibility index (Phi) is 4.86. The highest BCUT2D eigenvalue weighted by Gasteiger charge is 2.21. The van der Waals surface area contributed by atoms with E-state index in [9.17, 15) is 4.79 Å². The van der Waals surface area contributed by atoms with E-state index in [1.165, 1.54) is 9.75 Å². The Hall–Kier alpha value is -1.03. The number of nitrogens with zero attached hydrogens (tertiary/aromatic N) is 1. The van der Waals surface area contributed by atoms with Gasteiger partial charge in [-0.05, 0) is 44.7 Å². The van der Waals surface area contributed by atoms with Crippen molar-refractivity contribution >= 4 is 17.4 Å². The largest absolute Gasteiger partial charge is 0.335 e. The Balaban J connectivity index is 1.78. The molecular weight excluding hydrogens is 256 g/mol. The predicted octanol–water partition coefficient (Wildman–Crippen LogP) is 3.43. The molecule has 2 rings (SSSR count). The van der Waals surface area contributed by atoms with Gasteiger partial charge in [-0.2, -0.15) is 0 Å². The molecule has 106 valence electrons. The van der Waals surface area contributed by atoms with E-state index in [0.717, 1.165) is 38.3 Å². The van der Waals surface area contributed by atoms with E-state index in [1.54, 1.807) is 0 Å². The molecule has 1 unspecified atom stereocenters. The normalized spacial score (nSPS) is 18.4. The number of aryl methyl sites for hydroxylation is 1. The van der Waals surface area contributed by atoms with E-state index in [2.05, 4.69) is 38.2 Å². The molecule has 0 bridgehead atoms. The molecule has 3 nitrogen and oxygen atoms in total. The first-order valence-corrected chi connectivity index (χ1v) is 7.97. The fraction of sp³-hybridized carbons (Fsp3) is 0.667. The highest BCUT2D eigenvalue weighted by Crippen LogP contribution is 2.18. The molecule has 1 fully saturated rings. The van der Waals surface area contributed by atoms with E-state index < -0.39 is 0 Å². The number of rotatable bonds is 3. The van der Waals surface area contributed by atoms with E-state index in [-0.39, 0.29) is 12.1 Å². The van der Waals surface area contributed by atoms with Gasteiger partial charge in [-0.25, -0.2) is 4.79 Å². The fourth-order valence-corrected chi connectivity index (χ4v) is 3.48. The third kappa shape index (κ3) is 4.23. The zero-order valence-corrected chi connectivity index (χ0v) is 12.9. The molecule has 1 aliphatic heterocycles. The number of piperidine rings is 1. The molecular formula is C15H24N2OS. The number of carbonyl (C=O) groups excluding carboxylic acids is 1. The van der Waals surface area contributed by atoms with Crippen molar-refractivity contribution in [3.05, 3.63) is 21.9 Å². The molecule has 1 aliphatic rings. The number of hydrogen-bond donors (Lipinski definition) is 1. The van der Waals surface area contributed by atoms with Crippen molar-refractivity contribution in [1.82, 2.24) is 10.2 Å². The molecule has 0 aromatic carbocycles. The highest BCUT2D eigenvalue weighted by molar-refractivity contribution is 7.11. The first-order valence-electron chi connectivity index (χ1n) is 7.15. The van der Waals surface area contributed by atoms with Crippen LogP contribution in [-0.4, -0.2) is 30.1 Å². The van der Waals surface area contributed by atoms with Gasteiger partial charge in [-0.1, -0.05) is 6.92 Å². The maximum Gasteiger partial charge on any atom is 0.317 e. The van der Waals surface area contributed by atoms with Crippen molar-refractivity contribution in [1.29, 1.82) is 0 Å². The zero-order chi connectivity index (χ0) is 13.8. The van der Waals surface area contributed by atoms with Crippen LogP contribution in [0, 0.1) is 12.8 Å². The number of amides is 2. The third-order valence-electron chi connectivity index (χ3n) is 3.74. The summed E-state index contributed by atoms with van der Waals surface area (Å²) < 4.78 is 0. The Bertz CT molecular complexity index is 422. The van der Waals surface area contributed by atoms with Gasteiger partial charge < -0.3 is 10.2 Å². The molecule has 2 amide bonds. The molecule has 1 aromatic rings. The standard InChI is InChI=1S/C15H24N2OS/c1-11-6-8-17(9-7-11)15(18)16-12(2)10-14-5-4-13(3)19-14/h4-5,11-12H,6-10H2,1-3H3,(H,16,18). The van der Waals surface area contributed by atoms with Crippen LogP contribution >= 0.6 is 11.3 Å². The van der Waals surface area contributed by atoms with E-state index in [1.807, 2.05) is 16.2 Å². The summed E-state index contributed by atoms with van der Waals surface area (Å²) in [5, 5.41) is 3.12. The number of nitrogens with one attached hydrogen (secondary N) is 1. The minimum atomic E-state index is 0.104. The quantitative estimate of drug-likeness (QED) is 0.904. The SMILES string of the molecule is Cc1ccc(CC(C)NC(=O)N2CCC(C)CC2)s1. The molecule has 4 heteroatoms. The molecule has 0 aliphatic carbocycles. The highest BCUT2D eigenvalue weighted by atomic mass is 32.1. The molecule has 1 aromatic heterocycles. The van der Waals surface area contributed by atoms with Crippen molar-refractivity contribution in [2.24, 2.45) is 5.92 Å². The number of carbonyl (C=O) groups is 1. The second-order valence-corrected chi connectivity index (χ2v) is 7.11. The summed E-state index contributed by atoms with van der Waals surface area (Å²) in [6.07, 6.45) is 3.19. The van der Waals surface area contributed by atoms with Crippen molar-refractivity contribution in [2.75, 3.05) is 13.1 Å². The lowest BCUT2D eigenvalue weighted by Gasteiger charge is -2.31. The predicted molar refractivity (Wildman–Crippen MR) is 80.7 cm³/mol. The summed E-state index contributed by atoms with van der Waals surface area (Å²) in [6, 6.07) is 4.60. The minimum Gasteiger partial charge on any atom is -0.335 e. The third-order valence-corrected chi connectivity index (χ3v) is 4.77. The average Bonchev–Trinajstić information content (AvgIpc) is 2.75. The summed E-state index contributed by atoms with van der Waals surface area (Å²) >= 11 is 1.81. The number of urea groups is 1. The topological polar surface area (TPSA) is 32.3 Å². The van der Waals surface area contributed by atoms with Gasteiger partial charge in [-0.15, -0.1) is 11.3 Å². The average molecular weight is 280 g/mol. The molecule has 19 heavy (non-hydrogen) atoms. The molecule has 0 spiro atoms. The summed E-state index contributed by atoms with van der Waals surface area (Å²) in [5.41, 5.74) is 0. The van der Waals surface area contributed by atoms with Crippen LogP contribution in [0.1, 0.15) is 36.4 Å². The molecule has 1 atom stereocenters. The number of thiophene rings is 1. The Morgan fingerprint density at radius 2 is 2.16 bits per heavy atom. The molecule has 1 N–H and O–H groups in total. The summed E-state index contributed by atoms with van der Waals surface area (Å²) in [4.78, 5) is 16.8. The van der Waals surface area contributed by atoms with Crippen molar-refractivity contribution in [3.63, 3.8) is 0 Å². The van der Waals surface area contributed by atoms with Crippen molar-refractivity contribution in [3.8, 4) is 0 Å². The van der Waals surface area contributed by atoms with E-state index in [4.69, 9.17) is 0 Å². The lowest BCUT2D eigenvalue weighted by atomic mass is 10.00. The van der Waals surface area contributed by atoms with Crippen LogP contribution < -0.4 is 5.32 Å². The first-order chi connectivity index (χ1) is 9.04. The van der Waals surface area contributed by atoms with Crippen LogP contribution in [-0.2, 0) is 6.42 Å². The van der Waals surface area contributed by atoms with Crippen LogP contribution in [0.5, 0.6) is 0 Å². The first kappa shape index (κ1) is 14.4. The Morgan fingerprint density at radius 3 is 2.74 bits per heavy atom. The van der Waals surface area contributed by atoms with Gasteiger partial charge in [0.2, 0.25) is 0 Å². The summed E-state index contributed by atoms with van der Waals surface area (Å²) in [5.74, 6) is 0.760. The van der Waals surface area contributed by atoms with Crippen LogP contribution in [0.4, 0.5) is 4.79 Å². The van der Waals surface area contributed by atoms with Crippen LogP contribution in [0.2, 0.25) is 0 Å². The van der Waals surface area contributed by atoms with E-state index in [0.29, 0.717) is 0 Å². The summed E-state index contributed by atoms with van der Waals surface area (Å²) in [6.45, 7) is 8.26. The summed E-state index contributed by atoms with van der Waals surface area (Å²) in [7, 11) is 0. The number of hydrogen-bond acceptors (Lipinski definition) is 2. The van der Waals surface area contributed by atoms with Gasteiger partial charge in [0.1, 0.15) is 0 Å².